The van der Waals surface area contributed by atoms with Crippen molar-refractivity contribution < 1.29 is 0 Å². The molecule has 0 atom stereocenters. The zero-order chi connectivity index (χ0) is 9.03. The molecule has 0 N–H and O–H groups in total. The summed E-state index contributed by atoms with van der Waals surface area (Å²) in [4.78, 5) is 2.67. The van der Waals surface area contributed by atoms with Crippen molar-refractivity contribution in [2.75, 3.05) is 13.1 Å². The Morgan fingerprint density at radius 3 is 2.50 bits per heavy atom. The molecule has 0 aromatic carbocycles. The van der Waals surface area contributed by atoms with Gasteiger partial charge in [0.15, 0.2) is 0 Å². The molecule has 2 heteroatoms. The Kier molecular flexibility index (Phi) is 3.53. The first-order chi connectivity index (χ1) is 5.67. The Balaban J connectivity index is 2.39. The quantitative estimate of drug-likeness (QED) is 0.473. The zero-order valence-corrected chi connectivity index (χ0v) is 9.89. The van der Waals surface area contributed by atoms with Gasteiger partial charge in [0.25, 0.3) is 0 Å². The third-order valence-corrected chi connectivity index (χ3v) is 5.29. The summed E-state index contributed by atoms with van der Waals surface area (Å²) in [5.74, 6) is 0. The fraction of sp³-hybridized carbons (Fsp3) is 0.800. The molecular formula is C10H21NSi. The summed E-state index contributed by atoms with van der Waals surface area (Å²) in [6, 6.07) is 1.28. The van der Waals surface area contributed by atoms with Gasteiger partial charge in [-0.1, -0.05) is 19.9 Å². The summed E-state index contributed by atoms with van der Waals surface area (Å²) in [6.45, 7) is 11.3. The SMILES string of the molecule is C=CC[SiH2]C(C)(C)N1CCCC1. The number of likely N-dealkylation sites (tertiary alicyclic amines) is 1. The molecule has 1 aliphatic heterocycles. The summed E-state index contributed by atoms with van der Waals surface area (Å²) in [5.41, 5.74) is 0. The second kappa shape index (κ2) is 4.24. The normalized spacial score (nSPS) is 20.8. The second-order valence-electron chi connectivity index (χ2n) is 4.33. The third kappa shape index (κ3) is 2.46. The van der Waals surface area contributed by atoms with Crippen LogP contribution in [-0.4, -0.2) is 32.7 Å². The van der Waals surface area contributed by atoms with E-state index in [0.717, 1.165) is 0 Å². The van der Waals surface area contributed by atoms with E-state index in [1.807, 2.05) is 0 Å². The van der Waals surface area contributed by atoms with Gasteiger partial charge in [-0.3, -0.25) is 0 Å². The molecule has 0 radical (unpaired) electrons. The van der Waals surface area contributed by atoms with Gasteiger partial charge in [-0.05, 0) is 32.0 Å². The Hall–Kier alpha value is -0.0831. The van der Waals surface area contributed by atoms with Crippen LogP contribution in [0.5, 0.6) is 0 Å². The van der Waals surface area contributed by atoms with Crippen molar-refractivity contribution >= 4 is 9.52 Å². The highest BCUT2D eigenvalue weighted by Gasteiger charge is 2.27. The Bertz CT molecular complexity index is 148. The molecule has 0 spiro atoms. The lowest BCUT2D eigenvalue weighted by molar-refractivity contribution is 0.233. The molecule has 1 rings (SSSR count). The third-order valence-electron chi connectivity index (χ3n) is 2.92. The average Bonchev–Trinajstić information content (AvgIpc) is 2.53. The van der Waals surface area contributed by atoms with E-state index in [0.29, 0.717) is 5.16 Å². The minimum atomic E-state index is 0.0177. The van der Waals surface area contributed by atoms with Crippen LogP contribution in [0.1, 0.15) is 26.7 Å². The van der Waals surface area contributed by atoms with Gasteiger partial charge in [0, 0.05) is 14.7 Å². The molecule has 0 bridgehead atoms. The van der Waals surface area contributed by atoms with Crippen LogP contribution in [-0.2, 0) is 0 Å². The van der Waals surface area contributed by atoms with E-state index in [9.17, 15) is 0 Å². The smallest absolute Gasteiger partial charge is 0.0477 e. The largest absolute Gasteiger partial charge is 0.301 e. The van der Waals surface area contributed by atoms with Gasteiger partial charge < -0.3 is 4.90 Å². The van der Waals surface area contributed by atoms with Crippen LogP contribution in [0.3, 0.4) is 0 Å². The summed E-state index contributed by atoms with van der Waals surface area (Å²) in [7, 11) is 0.0177. The van der Waals surface area contributed by atoms with Gasteiger partial charge in [0.1, 0.15) is 0 Å². The van der Waals surface area contributed by atoms with Gasteiger partial charge in [-0.25, -0.2) is 0 Å². The van der Waals surface area contributed by atoms with Crippen LogP contribution in [0.15, 0.2) is 12.7 Å². The van der Waals surface area contributed by atoms with E-state index in [1.54, 1.807) is 0 Å². The molecule has 0 aromatic rings. The van der Waals surface area contributed by atoms with Crippen LogP contribution in [0, 0.1) is 0 Å². The number of hydrogen-bond acceptors (Lipinski definition) is 1. The number of hydrogen-bond donors (Lipinski definition) is 0. The first kappa shape index (κ1) is 10.0. The van der Waals surface area contributed by atoms with Crippen molar-refractivity contribution in [2.45, 2.75) is 37.9 Å². The number of allylic oxidation sites excluding steroid dienone is 1. The fourth-order valence-corrected chi connectivity index (χ4v) is 3.48. The van der Waals surface area contributed by atoms with Gasteiger partial charge >= 0.3 is 0 Å². The first-order valence-electron chi connectivity index (χ1n) is 5.03. The Morgan fingerprint density at radius 1 is 1.42 bits per heavy atom. The van der Waals surface area contributed by atoms with E-state index in [1.165, 1.54) is 32.0 Å². The first-order valence-corrected chi connectivity index (χ1v) is 6.73. The molecule has 12 heavy (non-hydrogen) atoms. The standard InChI is InChI=1S/C10H21NSi/c1-4-9-12-10(2,3)11-7-5-6-8-11/h4H,1,5-9,12H2,2-3H3. The molecule has 0 amide bonds. The van der Waals surface area contributed by atoms with E-state index in [2.05, 4.69) is 31.4 Å². The molecule has 1 fully saturated rings. The summed E-state index contributed by atoms with van der Waals surface area (Å²) in [6.07, 6.45) is 4.90. The fourth-order valence-electron chi connectivity index (χ4n) is 1.94. The van der Waals surface area contributed by atoms with Crippen molar-refractivity contribution in [1.29, 1.82) is 0 Å². The predicted octanol–water partition coefficient (Wildman–Crippen LogP) is 1.59. The van der Waals surface area contributed by atoms with E-state index in [4.69, 9.17) is 0 Å². The molecule has 1 heterocycles. The summed E-state index contributed by atoms with van der Waals surface area (Å²) >= 11 is 0. The Labute approximate surface area is 78.7 Å². The van der Waals surface area contributed by atoms with E-state index in [-0.39, 0.29) is 9.52 Å². The Morgan fingerprint density at radius 2 is 2.00 bits per heavy atom. The molecular weight excluding hydrogens is 162 g/mol. The number of rotatable bonds is 4. The molecule has 70 valence electrons. The summed E-state index contributed by atoms with van der Waals surface area (Å²) in [5, 5.41) is 0.532. The minimum Gasteiger partial charge on any atom is -0.301 e. The van der Waals surface area contributed by atoms with Gasteiger partial charge in [-0.15, -0.1) is 6.58 Å². The van der Waals surface area contributed by atoms with Crippen molar-refractivity contribution in [3.8, 4) is 0 Å². The molecule has 0 unspecified atom stereocenters. The topological polar surface area (TPSA) is 3.24 Å². The van der Waals surface area contributed by atoms with Crippen molar-refractivity contribution in [3.05, 3.63) is 12.7 Å². The van der Waals surface area contributed by atoms with Gasteiger partial charge in [-0.2, -0.15) is 0 Å². The van der Waals surface area contributed by atoms with Crippen molar-refractivity contribution in [3.63, 3.8) is 0 Å². The molecule has 0 saturated carbocycles. The lowest BCUT2D eigenvalue weighted by Gasteiger charge is -2.35. The van der Waals surface area contributed by atoms with Crippen LogP contribution in [0.25, 0.3) is 0 Å². The monoisotopic (exact) mass is 183 g/mol. The van der Waals surface area contributed by atoms with E-state index >= 15 is 0 Å². The maximum Gasteiger partial charge on any atom is 0.0477 e. The lowest BCUT2D eigenvalue weighted by Crippen LogP contribution is -2.46. The minimum absolute atomic E-state index is 0.0177. The van der Waals surface area contributed by atoms with Gasteiger partial charge in [0.2, 0.25) is 0 Å². The lowest BCUT2D eigenvalue weighted by atomic mass is 10.3. The predicted molar refractivity (Wildman–Crippen MR) is 58.4 cm³/mol. The van der Waals surface area contributed by atoms with Crippen molar-refractivity contribution in [1.82, 2.24) is 4.90 Å². The molecule has 0 aromatic heterocycles. The zero-order valence-electron chi connectivity index (χ0n) is 8.47. The molecule has 1 saturated heterocycles. The van der Waals surface area contributed by atoms with Crippen molar-refractivity contribution in [2.24, 2.45) is 0 Å². The maximum atomic E-state index is 3.81. The van der Waals surface area contributed by atoms with E-state index < -0.39 is 0 Å². The highest BCUT2D eigenvalue weighted by molar-refractivity contribution is 6.40. The highest BCUT2D eigenvalue weighted by atomic mass is 28.2. The highest BCUT2D eigenvalue weighted by Crippen LogP contribution is 2.20. The van der Waals surface area contributed by atoms with Crippen LogP contribution >= 0.6 is 0 Å². The number of nitrogens with zero attached hydrogens (tertiary/aromatic N) is 1. The summed E-state index contributed by atoms with van der Waals surface area (Å²) < 4.78 is 0. The molecule has 1 nitrogen and oxygen atoms in total. The van der Waals surface area contributed by atoms with Crippen LogP contribution in [0.2, 0.25) is 6.04 Å². The molecule has 1 aliphatic rings. The average molecular weight is 183 g/mol. The van der Waals surface area contributed by atoms with Crippen LogP contribution in [0.4, 0.5) is 0 Å². The molecule has 0 aliphatic carbocycles. The van der Waals surface area contributed by atoms with Gasteiger partial charge in [0.05, 0.1) is 0 Å². The maximum absolute atomic E-state index is 3.81. The van der Waals surface area contributed by atoms with Crippen LogP contribution < -0.4 is 0 Å². The second-order valence-corrected chi connectivity index (χ2v) is 7.14.